The monoisotopic (exact) mass is 416 g/mol. The highest BCUT2D eigenvalue weighted by Gasteiger charge is 2.16. The zero-order chi connectivity index (χ0) is 22.2. The maximum atomic E-state index is 12.8. The predicted molar refractivity (Wildman–Crippen MR) is 119 cm³/mol. The van der Waals surface area contributed by atoms with Gasteiger partial charge in [0.2, 0.25) is 0 Å². The van der Waals surface area contributed by atoms with Crippen molar-refractivity contribution in [1.29, 1.82) is 0 Å². The Balaban J connectivity index is 1.63. The number of nitrogens with one attached hydrogen (secondary N) is 2. The number of benzene rings is 3. The van der Waals surface area contributed by atoms with Gasteiger partial charge in [-0.3, -0.25) is 14.4 Å². The van der Waals surface area contributed by atoms with Crippen LogP contribution in [0.3, 0.4) is 0 Å². The number of Topliss-reactive ketones (excluding diaryl/α,β-unsaturated/α-hetero) is 1. The van der Waals surface area contributed by atoms with Crippen LogP contribution in [0, 0.1) is 0 Å². The van der Waals surface area contributed by atoms with Crippen LogP contribution in [0.5, 0.6) is 5.75 Å². The molecule has 0 radical (unpaired) electrons. The van der Waals surface area contributed by atoms with Gasteiger partial charge in [-0.05, 0) is 43.7 Å². The first kappa shape index (κ1) is 21.8. The van der Waals surface area contributed by atoms with Crippen LogP contribution < -0.4 is 15.4 Å². The molecule has 0 saturated carbocycles. The summed E-state index contributed by atoms with van der Waals surface area (Å²) in [6.45, 7) is 3.11. The molecule has 0 aliphatic heterocycles. The summed E-state index contributed by atoms with van der Waals surface area (Å²) in [6, 6.07) is 22.9. The van der Waals surface area contributed by atoms with Crippen molar-refractivity contribution in [2.24, 2.45) is 0 Å². The molecule has 1 unspecified atom stereocenters. The summed E-state index contributed by atoms with van der Waals surface area (Å²) in [5.41, 5.74) is 2.24. The molecule has 0 fully saturated rings. The Morgan fingerprint density at radius 3 is 2.35 bits per heavy atom. The third-order valence-corrected chi connectivity index (χ3v) is 4.70. The van der Waals surface area contributed by atoms with Crippen LogP contribution in [-0.2, 0) is 4.79 Å². The molecule has 3 aromatic carbocycles. The third kappa shape index (κ3) is 6.02. The van der Waals surface area contributed by atoms with E-state index in [0.717, 1.165) is 5.56 Å². The Hall–Kier alpha value is -3.93. The summed E-state index contributed by atoms with van der Waals surface area (Å²) in [5, 5.41) is 5.67. The normalized spacial score (nSPS) is 11.3. The average Bonchev–Trinajstić information content (AvgIpc) is 2.78. The second-order valence-corrected chi connectivity index (χ2v) is 7.07. The number of carbonyl (C=O) groups is 3. The number of rotatable bonds is 8. The lowest BCUT2D eigenvalue weighted by molar-refractivity contribution is -0.118. The molecule has 0 aliphatic carbocycles. The van der Waals surface area contributed by atoms with Crippen molar-refractivity contribution in [3.8, 4) is 5.75 Å². The minimum absolute atomic E-state index is 0.0837. The average molecular weight is 416 g/mol. The highest BCUT2D eigenvalue weighted by atomic mass is 16.5. The van der Waals surface area contributed by atoms with E-state index in [4.69, 9.17) is 4.74 Å². The minimum atomic E-state index is -0.412. The van der Waals surface area contributed by atoms with Gasteiger partial charge < -0.3 is 15.4 Å². The molecular weight excluding hydrogens is 392 g/mol. The first-order valence-corrected chi connectivity index (χ1v) is 9.92. The lowest BCUT2D eigenvalue weighted by Gasteiger charge is -2.16. The SMILES string of the molecule is CC(=O)c1cccc(OCC(=O)Nc2ccccc2C(=O)NC(C)c2ccccc2)c1. The lowest BCUT2D eigenvalue weighted by Crippen LogP contribution is -2.28. The quantitative estimate of drug-likeness (QED) is 0.533. The van der Waals surface area contributed by atoms with Gasteiger partial charge in [-0.2, -0.15) is 0 Å². The van der Waals surface area contributed by atoms with E-state index in [2.05, 4.69) is 10.6 Å². The Morgan fingerprint density at radius 2 is 1.61 bits per heavy atom. The minimum Gasteiger partial charge on any atom is -0.484 e. The molecule has 1 atom stereocenters. The van der Waals surface area contributed by atoms with Crippen molar-refractivity contribution in [1.82, 2.24) is 5.32 Å². The van der Waals surface area contributed by atoms with E-state index >= 15 is 0 Å². The van der Waals surface area contributed by atoms with Crippen molar-refractivity contribution in [2.75, 3.05) is 11.9 Å². The number of carbonyl (C=O) groups excluding carboxylic acids is 3. The van der Waals surface area contributed by atoms with E-state index in [9.17, 15) is 14.4 Å². The van der Waals surface area contributed by atoms with Gasteiger partial charge in [0.15, 0.2) is 12.4 Å². The number of hydrogen-bond acceptors (Lipinski definition) is 4. The molecular formula is C25H24N2O4. The Labute approximate surface area is 181 Å². The van der Waals surface area contributed by atoms with Crippen LogP contribution in [-0.4, -0.2) is 24.2 Å². The van der Waals surface area contributed by atoms with Crippen LogP contribution >= 0.6 is 0 Å². The van der Waals surface area contributed by atoms with Gasteiger partial charge in [0, 0.05) is 5.56 Å². The Morgan fingerprint density at radius 1 is 0.903 bits per heavy atom. The molecule has 0 bridgehead atoms. The molecule has 31 heavy (non-hydrogen) atoms. The smallest absolute Gasteiger partial charge is 0.262 e. The zero-order valence-corrected chi connectivity index (χ0v) is 17.4. The molecule has 2 amide bonds. The largest absolute Gasteiger partial charge is 0.484 e. The number of ketones is 1. The predicted octanol–water partition coefficient (Wildman–Crippen LogP) is 4.40. The van der Waals surface area contributed by atoms with E-state index in [1.165, 1.54) is 6.92 Å². The highest BCUT2D eigenvalue weighted by molar-refractivity contribution is 6.04. The second kappa shape index (κ2) is 10.2. The first-order valence-electron chi connectivity index (χ1n) is 9.92. The van der Waals surface area contributed by atoms with Gasteiger partial charge in [0.05, 0.1) is 17.3 Å². The van der Waals surface area contributed by atoms with Crippen molar-refractivity contribution in [3.05, 3.63) is 95.6 Å². The van der Waals surface area contributed by atoms with Crippen molar-refractivity contribution < 1.29 is 19.1 Å². The third-order valence-electron chi connectivity index (χ3n) is 4.70. The van der Waals surface area contributed by atoms with Crippen molar-refractivity contribution in [2.45, 2.75) is 19.9 Å². The lowest BCUT2D eigenvalue weighted by atomic mass is 10.1. The fourth-order valence-electron chi connectivity index (χ4n) is 3.03. The first-order chi connectivity index (χ1) is 14.9. The van der Waals surface area contributed by atoms with Crippen molar-refractivity contribution >= 4 is 23.3 Å². The molecule has 3 rings (SSSR count). The van der Waals surface area contributed by atoms with Crippen LogP contribution in [0.25, 0.3) is 0 Å². The van der Waals surface area contributed by atoms with E-state index in [0.29, 0.717) is 22.6 Å². The van der Waals surface area contributed by atoms with Gasteiger partial charge in [-0.25, -0.2) is 0 Å². The Bertz CT molecular complexity index is 1080. The van der Waals surface area contributed by atoms with Crippen molar-refractivity contribution in [3.63, 3.8) is 0 Å². The Kier molecular flexibility index (Phi) is 7.17. The van der Waals surface area contributed by atoms with Crippen LogP contribution in [0.1, 0.15) is 46.2 Å². The molecule has 2 N–H and O–H groups in total. The molecule has 0 saturated heterocycles. The summed E-state index contributed by atoms with van der Waals surface area (Å²) >= 11 is 0. The summed E-state index contributed by atoms with van der Waals surface area (Å²) in [5.74, 6) is -0.364. The van der Waals surface area contributed by atoms with E-state index in [1.54, 1.807) is 48.5 Å². The molecule has 0 aliphatic rings. The number of amides is 2. The number of ether oxygens (including phenoxy) is 1. The molecule has 0 heterocycles. The molecule has 3 aromatic rings. The number of anilines is 1. The second-order valence-electron chi connectivity index (χ2n) is 7.07. The van der Waals surface area contributed by atoms with Gasteiger partial charge >= 0.3 is 0 Å². The van der Waals surface area contributed by atoms with Crippen LogP contribution in [0.4, 0.5) is 5.69 Å². The summed E-state index contributed by atoms with van der Waals surface area (Å²) in [4.78, 5) is 36.6. The van der Waals surface area contributed by atoms with Gasteiger partial charge in [0.25, 0.3) is 11.8 Å². The van der Waals surface area contributed by atoms with E-state index in [-0.39, 0.29) is 24.3 Å². The molecule has 6 nitrogen and oxygen atoms in total. The van der Waals surface area contributed by atoms with Gasteiger partial charge in [-0.1, -0.05) is 54.6 Å². The standard InChI is InChI=1S/C25H24N2O4/c1-17(19-9-4-3-5-10-19)26-25(30)22-13-6-7-14-23(22)27-24(29)16-31-21-12-8-11-20(15-21)18(2)28/h3-15,17H,16H2,1-2H3,(H,26,30)(H,27,29). The maximum absolute atomic E-state index is 12.8. The van der Waals surface area contributed by atoms with Crippen LogP contribution in [0.15, 0.2) is 78.9 Å². The van der Waals surface area contributed by atoms with Crippen LogP contribution in [0.2, 0.25) is 0 Å². The maximum Gasteiger partial charge on any atom is 0.262 e. The van der Waals surface area contributed by atoms with E-state index in [1.807, 2.05) is 37.3 Å². The van der Waals surface area contributed by atoms with E-state index < -0.39 is 5.91 Å². The number of hydrogen-bond donors (Lipinski definition) is 2. The fraction of sp³-hybridized carbons (Fsp3) is 0.160. The summed E-state index contributed by atoms with van der Waals surface area (Å²) in [6.07, 6.45) is 0. The molecule has 158 valence electrons. The highest BCUT2D eigenvalue weighted by Crippen LogP contribution is 2.18. The zero-order valence-electron chi connectivity index (χ0n) is 17.4. The summed E-state index contributed by atoms with van der Waals surface area (Å²) < 4.78 is 5.49. The topological polar surface area (TPSA) is 84.5 Å². The molecule has 0 aromatic heterocycles. The van der Waals surface area contributed by atoms with Gasteiger partial charge in [-0.15, -0.1) is 0 Å². The molecule has 6 heteroatoms. The summed E-state index contributed by atoms with van der Waals surface area (Å²) in [7, 11) is 0. The fourth-order valence-corrected chi connectivity index (χ4v) is 3.03. The molecule has 0 spiro atoms. The number of para-hydroxylation sites is 1. The van der Waals surface area contributed by atoms with Gasteiger partial charge in [0.1, 0.15) is 5.75 Å².